The summed E-state index contributed by atoms with van der Waals surface area (Å²) < 4.78 is 0. The van der Waals surface area contributed by atoms with Gasteiger partial charge in [0.15, 0.2) is 0 Å². The van der Waals surface area contributed by atoms with Crippen LogP contribution in [0.3, 0.4) is 0 Å². The number of rotatable bonds is 8. The van der Waals surface area contributed by atoms with Crippen LogP contribution in [0.5, 0.6) is 0 Å². The van der Waals surface area contributed by atoms with Gasteiger partial charge in [0.25, 0.3) is 0 Å². The fourth-order valence-electron chi connectivity index (χ4n) is 1.79. The maximum atomic E-state index is 11.6. The Morgan fingerprint density at radius 2 is 2.10 bits per heavy atom. The van der Waals surface area contributed by atoms with Crippen molar-refractivity contribution >= 4 is 11.7 Å². The van der Waals surface area contributed by atoms with Crippen LogP contribution in [0.4, 0.5) is 0 Å². The number of hydrogen-bond acceptors (Lipinski definition) is 4. The first-order chi connectivity index (χ1) is 9.67. The monoisotopic (exact) mass is 278 g/mol. The lowest BCUT2D eigenvalue weighted by Crippen LogP contribution is -2.37. The highest BCUT2D eigenvalue weighted by Gasteiger charge is 2.14. The van der Waals surface area contributed by atoms with Crippen LogP contribution in [-0.4, -0.2) is 30.0 Å². The molecule has 0 heterocycles. The second-order valence-corrected chi connectivity index (χ2v) is 4.49. The van der Waals surface area contributed by atoms with Gasteiger partial charge in [-0.05, 0) is 12.0 Å². The minimum Gasteiger partial charge on any atom is -0.409 e. The van der Waals surface area contributed by atoms with Gasteiger partial charge in [0.2, 0.25) is 5.91 Å². The normalized spacial score (nSPS) is 12.9. The number of carbonyl (C=O) groups is 1. The Kier molecular flexibility index (Phi) is 7.13. The number of nitrogens with two attached hydrogens (primary N) is 1. The van der Waals surface area contributed by atoms with Crippen molar-refractivity contribution in [3.8, 4) is 0 Å². The number of amidine groups is 1. The van der Waals surface area contributed by atoms with E-state index >= 15 is 0 Å². The van der Waals surface area contributed by atoms with Gasteiger partial charge in [0, 0.05) is 19.0 Å². The Bertz CT molecular complexity index is 434. The van der Waals surface area contributed by atoms with Crippen LogP contribution in [0.25, 0.3) is 0 Å². The predicted octanol–water partition coefficient (Wildman–Crippen LogP) is 0.980. The predicted molar refractivity (Wildman–Crippen MR) is 78.5 cm³/mol. The number of nitrogens with one attached hydrogen (secondary N) is 2. The summed E-state index contributed by atoms with van der Waals surface area (Å²) in [5.41, 5.74) is 6.55. The van der Waals surface area contributed by atoms with Crippen LogP contribution in [0, 0.1) is 0 Å². The maximum absolute atomic E-state index is 11.6. The molecule has 0 saturated carbocycles. The summed E-state index contributed by atoms with van der Waals surface area (Å²) in [5, 5.41) is 17.6. The standard InChI is InChI=1S/C14H22N4O2/c1-2-8-16-14(19)10-17-12(9-13(15)18-20)11-6-4-3-5-7-11/h3-7,12,17,20H,2,8-10H2,1H3,(H2,15,18)(H,16,19). The molecule has 110 valence electrons. The minimum absolute atomic E-state index is 0.0627. The van der Waals surface area contributed by atoms with E-state index in [-0.39, 0.29) is 24.3 Å². The van der Waals surface area contributed by atoms with Crippen molar-refractivity contribution in [3.05, 3.63) is 35.9 Å². The molecule has 0 aromatic heterocycles. The van der Waals surface area contributed by atoms with Crippen LogP contribution < -0.4 is 16.4 Å². The first-order valence-corrected chi connectivity index (χ1v) is 6.68. The first kappa shape index (κ1) is 16.0. The molecule has 0 bridgehead atoms. The maximum Gasteiger partial charge on any atom is 0.233 e. The van der Waals surface area contributed by atoms with Crippen molar-refractivity contribution < 1.29 is 10.0 Å². The van der Waals surface area contributed by atoms with Gasteiger partial charge in [-0.3, -0.25) is 4.79 Å². The molecule has 20 heavy (non-hydrogen) atoms. The van der Waals surface area contributed by atoms with E-state index in [9.17, 15) is 4.79 Å². The molecule has 1 aromatic carbocycles. The molecule has 0 saturated heterocycles. The third kappa shape index (κ3) is 5.71. The molecular weight excluding hydrogens is 256 g/mol. The summed E-state index contributed by atoms with van der Waals surface area (Å²) in [7, 11) is 0. The zero-order valence-corrected chi connectivity index (χ0v) is 11.7. The van der Waals surface area contributed by atoms with Crippen LogP contribution in [0.1, 0.15) is 31.4 Å². The molecule has 6 heteroatoms. The summed E-state index contributed by atoms with van der Waals surface area (Å²) in [6.45, 7) is 2.86. The van der Waals surface area contributed by atoms with Crippen molar-refractivity contribution in [2.75, 3.05) is 13.1 Å². The van der Waals surface area contributed by atoms with E-state index in [1.165, 1.54) is 0 Å². The minimum atomic E-state index is -0.167. The molecule has 0 aliphatic carbocycles. The second kappa shape index (κ2) is 8.92. The molecular formula is C14H22N4O2. The van der Waals surface area contributed by atoms with Gasteiger partial charge in [-0.25, -0.2) is 0 Å². The largest absolute Gasteiger partial charge is 0.409 e. The van der Waals surface area contributed by atoms with Gasteiger partial charge in [-0.2, -0.15) is 0 Å². The molecule has 0 aliphatic heterocycles. The zero-order chi connectivity index (χ0) is 14.8. The summed E-state index contributed by atoms with van der Waals surface area (Å²) in [4.78, 5) is 11.6. The van der Waals surface area contributed by atoms with Crippen molar-refractivity contribution in [1.29, 1.82) is 0 Å². The van der Waals surface area contributed by atoms with Gasteiger partial charge in [-0.1, -0.05) is 42.4 Å². The molecule has 1 atom stereocenters. The summed E-state index contributed by atoms with van der Waals surface area (Å²) in [6.07, 6.45) is 1.24. The summed E-state index contributed by atoms with van der Waals surface area (Å²) in [6, 6.07) is 9.44. The lowest BCUT2D eigenvalue weighted by Gasteiger charge is -2.18. The molecule has 1 aromatic rings. The van der Waals surface area contributed by atoms with Crippen molar-refractivity contribution in [2.45, 2.75) is 25.8 Å². The topological polar surface area (TPSA) is 99.7 Å². The van der Waals surface area contributed by atoms with Crippen LogP contribution >= 0.6 is 0 Å². The van der Waals surface area contributed by atoms with Gasteiger partial charge in [0.1, 0.15) is 5.84 Å². The van der Waals surface area contributed by atoms with E-state index in [1.807, 2.05) is 37.3 Å². The molecule has 6 nitrogen and oxygen atoms in total. The quantitative estimate of drug-likeness (QED) is 0.246. The van der Waals surface area contributed by atoms with Crippen molar-refractivity contribution in [2.24, 2.45) is 10.9 Å². The van der Waals surface area contributed by atoms with E-state index < -0.39 is 0 Å². The zero-order valence-electron chi connectivity index (χ0n) is 11.7. The highest BCUT2D eigenvalue weighted by atomic mass is 16.4. The van der Waals surface area contributed by atoms with E-state index in [0.29, 0.717) is 13.0 Å². The Hall–Kier alpha value is -2.08. The number of carbonyl (C=O) groups excluding carboxylic acids is 1. The molecule has 5 N–H and O–H groups in total. The average Bonchev–Trinajstić information content (AvgIpc) is 2.49. The first-order valence-electron chi connectivity index (χ1n) is 6.68. The van der Waals surface area contributed by atoms with Gasteiger partial charge in [0.05, 0.1) is 6.54 Å². The second-order valence-electron chi connectivity index (χ2n) is 4.49. The molecule has 1 unspecified atom stereocenters. The lowest BCUT2D eigenvalue weighted by atomic mass is 10.0. The molecule has 1 rings (SSSR count). The molecule has 0 fully saturated rings. The van der Waals surface area contributed by atoms with E-state index in [1.54, 1.807) is 0 Å². The van der Waals surface area contributed by atoms with Crippen LogP contribution in [-0.2, 0) is 4.79 Å². The Morgan fingerprint density at radius 1 is 1.40 bits per heavy atom. The highest BCUT2D eigenvalue weighted by molar-refractivity contribution is 5.81. The average molecular weight is 278 g/mol. The SMILES string of the molecule is CCCNC(=O)CNC(CC(N)=NO)c1ccccc1. The molecule has 0 radical (unpaired) electrons. The van der Waals surface area contributed by atoms with Gasteiger partial charge < -0.3 is 21.6 Å². The molecule has 0 aliphatic rings. The Balaban J connectivity index is 2.62. The molecule has 1 amide bonds. The third-order valence-corrected chi connectivity index (χ3v) is 2.82. The number of oxime groups is 1. The third-order valence-electron chi connectivity index (χ3n) is 2.82. The van der Waals surface area contributed by atoms with E-state index in [4.69, 9.17) is 10.9 Å². The van der Waals surface area contributed by atoms with E-state index in [0.717, 1.165) is 12.0 Å². The highest BCUT2D eigenvalue weighted by Crippen LogP contribution is 2.15. The number of hydrogen-bond donors (Lipinski definition) is 4. The van der Waals surface area contributed by atoms with Gasteiger partial charge >= 0.3 is 0 Å². The fraction of sp³-hybridized carbons (Fsp3) is 0.429. The van der Waals surface area contributed by atoms with Crippen LogP contribution in [0.15, 0.2) is 35.5 Å². The fourth-order valence-corrected chi connectivity index (χ4v) is 1.79. The number of amides is 1. The number of nitrogens with zero attached hydrogens (tertiary/aromatic N) is 1. The lowest BCUT2D eigenvalue weighted by molar-refractivity contribution is -0.120. The van der Waals surface area contributed by atoms with Gasteiger partial charge in [-0.15, -0.1) is 0 Å². The number of benzene rings is 1. The Labute approximate surface area is 119 Å². The van der Waals surface area contributed by atoms with Crippen LogP contribution in [0.2, 0.25) is 0 Å². The summed E-state index contributed by atoms with van der Waals surface area (Å²) >= 11 is 0. The Morgan fingerprint density at radius 3 is 2.70 bits per heavy atom. The van der Waals surface area contributed by atoms with Crippen molar-refractivity contribution in [1.82, 2.24) is 10.6 Å². The molecule has 0 spiro atoms. The smallest absolute Gasteiger partial charge is 0.233 e. The van der Waals surface area contributed by atoms with Crippen molar-refractivity contribution in [3.63, 3.8) is 0 Å². The summed E-state index contributed by atoms with van der Waals surface area (Å²) in [5.74, 6) is 0.0626. The van der Waals surface area contributed by atoms with E-state index in [2.05, 4.69) is 15.8 Å².